The highest BCUT2D eigenvalue weighted by atomic mass is 16.7. The standard InChI is InChI=1S/C26H34N4O5/c1-25(2,3)18-7-5-17(6-8-18)22-21-19(28(4)24(33)27-22)15-30(23(21)32)16-20(31)29-11-9-26(10-12-29)34-13-14-35-26/h5-8,22H,9-16H2,1-4H3,(H,27,33). The summed E-state index contributed by atoms with van der Waals surface area (Å²) in [6.07, 6.45) is 1.27. The second-order valence-electron chi connectivity index (χ2n) is 10.8. The van der Waals surface area contributed by atoms with Gasteiger partial charge in [0.25, 0.3) is 5.91 Å². The number of nitrogens with one attached hydrogen (secondary N) is 1. The molecular formula is C26H34N4O5. The summed E-state index contributed by atoms with van der Waals surface area (Å²) in [5.74, 6) is -0.856. The number of hydrogen-bond donors (Lipinski definition) is 1. The van der Waals surface area contributed by atoms with Crippen LogP contribution in [-0.4, -0.2) is 84.8 Å². The largest absolute Gasteiger partial charge is 0.347 e. The minimum Gasteiger partial charge on any atom is -0.347 e. The number of carbonyl (C=O) groups is 3. The first-order chi connectivity index (χ1) is 16.6. The lowest BCUT2D eigenvalue weighted by Gasteiger charge is -2.38. The molecule has 5 rings (SSSR count). The van der Waals surface area contributed by atoms with Gasteiger partial charge in [0.05, 0.1) is 37.1 Å². The predicted molar refractivity (Wildman–Crippen MR) is 128 cm³/mol. The molecule has 35 heavy (non-hydrogen) atoms. The Morgan fingerprint density at radius 3 is 2.31 bits per heavy atom. The number of nitrogens with zero attached hydrogens (tertiary/aromatic N) is 3. The van der Waals surface area contributed by atoms with Gasteiger partial charge in [0.1, 0.15) is 6.54 Å². The van der Waals surface area contributed by atoms with E-state index < -0.39 is 11.8 Å². The van der Waals surface area contributed by atoms with Gasteiger partial charge in [-0.15, -0.1) is 0 Å². The maximum Gasteiger partial charge on any atom is 0.322 e. The van der Waals surface area contributed by atoms with E-state index in [4.69, 9.17) is 9.47 Å². The molecule has 4 amide bonds. The van der Waals surface area contributed by atoms with E-state index in [1.165, 1.54) is 10.5 Å². The van der Waals surface area contributed by atoms with Gasteiger partial charge in [-0.2, -0.15) is 0 Å². The van der Waals surface area contributed by atoms with E-state index in [0.29, 0.717) is 50.4 Å². The Balaban J connectivity index is 1.30. The van der Waals surface area contributed by atoms with Crippen molar-refractivity contribution in [1.29, 1.82) is 0 Å². The van der Waals surface area contributed by atoms with Crippen LogP contribution in [0.15, 0.2) is 35.5 Å². The van der Waals surface area contributed by atoms with Crippen molar-refractivity contribution in [3.05, 3.63) is 46.7 Å². The molecule has 4 aliphatic heterocycles. The monoisotopic (exact) mass is 482 g/mol. The molecular weight excluding hydrogens is 448 g/mol. The van der Waals surface area contributed by atoms with Gasteiger partial charge < -0.3 is 24.6 Å². The van der Waals surface area contributed by atoms with Crippen molar-refractivity contribution in [2.45, 2.75) is 50.9 Å². The van der Waals surface area contributed by atoms with Gasteiger partial charge in [0.2, 0.25) is 5.91 Å². The van der Waals surface area contributed by atoms with E-state index in [-0.39, 0.29) is 36.3 Å². The molecule has 9 nitrogen and oxygen atoms in total. The lowest BCUT2D eigenvalue weighted by Crippen LogP contribution is -2.50. The van der Waals surface area contributed by atoms with Gasteiger partial charge in [-0.25, -0.2) is 4.79 Å². The lowest BCUT2D eigenvalue weighted by molar-refractivity contribution is -0.187. The maximum absolute atomic E-state index is 13.5. The SMILES string of the molecule is CN1C(=O)NC(c2ccc(C(C)(C)C)cc2)C2=C1CN(CC(=O)N1CCC3(CC1)OCCO3)C2=O. The first kappa shape index (κ1) is 23.8. The van der Waals surface area contributed by atoms with Crippen LogP contribution < -0.4 is 5.32 Å². The smallest absolute Gasteiger partial charge is 0.322 e. The van der Waals surface area contributed by atoms with E-state index in [9.17, 15) is 14.4 Å². The third-order valence-corrected chi connectivity index (χ3v) is 7.56. The summed E-state index contributed by atoms with van der Waals surface area (Å²) in [6.45, 7) is 8.92. The highest BCUT2D eigenvalue weighted by molar-refractivity contribution is 6.02. The second-order valence-corrected chi connectivity index (χ2v) is 10.8. The van der Waals surface area contributed by atoms with Crippen LogP contribution in [-0.2, 0) is 24.5 Å². The van der Waals surface area contributed by atoms with Crippen LogP contribution >= 0.6 is 0 Å². The molecule has 1 N–H and O–H groups in total. The van der Waals surface area contributed by atoms with Crippen molar-refractivity contribution in [2.75, 3.05) is 46.4 Å². The van der Waals surface area contributed by atoms with Crippen molar-refractivity contribution >= 4 is 17.8 Å². The maximum atomic E-state index is 13.5. The molecule has 188 valence electrons. The van der Waals surface area contributed by atoms with Crippen LogP contribution in [0, 0.1) is 0 Å². The van der Waals surface area contributed by atoms with E-state index in [1.807, 2.05) is 24.3 Å². The van der Waals surface area contributed by atoms with Crippen LogP contribution in [0.3, 0.4) is 0 Å². The minimum absolute atomic E-state index is 0.00341. The third-order valence-electron chi connectivity index (χ3n) is 7.56. The van der Waals surface area contributed by atoms with Crippen LogP contribution in [0.5, 0.6) is 0 Å². The topological polar surface area (TPSA) is 91.4 Å². The molecule has 1 aromatic carbocycles. The Bertz CT molecular complexity index is 1060. The molecule has 0 aliphatic carbocycles. The fourth-order valence-corrected chi connectivity index (χ4v) is 5.32. The summed E-state index contributed by atoms with van der Waals surface area (Å²) in [4.78, 5) is 44.1. The lowest BCUT2D eigenvalue weighted by atomic mass is 9.85. The van der Waals surface area contributed by atoms with Crippen molar-refractivity contribution < 1.29 is 23.9 Å². The molecule has 1 spiro atoms. The molecule has 2 fully saturated rings. The number of urea groups is 1. The summed E-state index contributed by atoms with van der Waals surface area (Å²) >= 11 is 0. The summed E-state index contributed by atoms with van der Waals surface area (Å²) in [5, 5.41) is 2.97. The molecule has 9 heteroatoms. The van der Waals surface area contributed by atoms with Crippen LogP contribution in [0.25, 0.3) is 0 Å². The van der Waals surface area contributed by atoms with Gasteiger partial charge in [0.15, 0.2) is 5.79 Å². The summed E-state index contributed by atoms with van der Waals surface area (Å²) < 4.78 is 11.5. The number of likely N-dealkylation sites (tertiary alicyclic amines) is 1. The Kier molecular flexibility index (Phi) is 5.88. The molecule has 1 atom stereocenters. The van der Waals surface area contributed by atoms with Gasteiger partial charge in [0, 0.05) is 33.0 Å². The van der Waals surface area contributed by atoms with Gasteiger partial charge in [-0.3, -0.25) is 14.5 Å². The Labute approximate surface area is 206 Å². The van der Waals surface area contributed by atoms with Crippen molar-refractivity contribution in [3.8, 4) is 0 Å². The molecule has 1 aromatic rings. The number of piperidine rings is 1. The first-order valence-electron chi connectivity index (χ1n) is 12.3. The molecule has 0 radical (unpaired) electrons. The predicted octanol–water partition coefficient (Wildman–Crippen LogP) is 2.14. The zero-order chi connectivity index (χ0) is 25.0. The average Bonchev–Trinajstić information content (AvgIpc) is 3.41. The molecule has 1 unspecified atom stereocenters. The average molecular weight is 483 g/mol. The zero-order valence-electron chi connectivity index (χ0n) is 20.9. The summed E-state index contributed by atoms with van der Waals surface area (Å²) in [6, 6.07) is 7.23. The Hall–Kier alpha value is -2.91. The van der Waals surface area contributed by atoms with E-state index in [0.717, 1.165) is 5.56 Å². The molecule has 0 bridgehead atoms. The van der Waals surface area contributed by atoms with E-state index in [1.54, 1.807) is 16.8 Å². The highest BCUT2D eigenvalue weighted by Crippen LogP contribution is 2.37. The number of ether oxygens (including phenoxy) is 2. The molecule has 4 aliphatic rings. The summed E-state index contributed by atoms with van der Waals surface area (Å²) in [5.41, 5.74) is 3.22. The van der Waals surface area contributed by atoms with Gasteiger partial charge >= 0.3 is 6.03 Å². The molecule has 0 aromatic heterocycles. The third kappa shape index (κ3) is 4.31. The van der Waals surface area contributed by atoms with Crippen LogP contribution in [0.4, 0.5) is 4.79 Å². The quantitative estimate of drug-likeness (QED) is 0.713. The first-order valence-corrected chi connectivity index (χ1v) is 12.3. The van der Waals surface area contributed by atoms with E-state index >= 15 is 0 Å². The fourth-order valence-electron chi connectivity index (χ4n) is 5.32. The number of amides is 4. The van der Waals surface area contributed by atoms with Crippen molar-refractivity contribution in [2.24, 2.45) is 0 Å². The van der Waals surface area contributed by atoms with Crippen LogP contribution in [0.2, 0.25) is 0 Å². The summed E-state index contributed by atoms with van der Waals surface area (Å²) in [7, 11) is 1.66. The normalized spacial score (nSPS) is 24.3. The zero-order valence-corrected chi connectivity index (χ0v) is 20.9. The molecule has 0 saturated carbocycles. The number of hydrogen-bond acceptors (Lipinski definition) is 5. The Morgan fingerprint density at radius 1 is 1.09 bits per heavy atom. The number of rotatable bonds is 3. The number of benzene rings is 1. The van der Waals surface area contributed by atoms with E-state index in [2.05, 4.69) is 26.1 Å². The number of carbonyl (C=O) groups excluding carboxylic acids is 3. The highest BCUT2D eigenvalue weighted by Gasteiger charge is 2.45. The minimum atomic E-state index is -0.550. The molecule has 2 saturated heterocycles. The Morgan fingerprint density at radius 2 is 1.71 bits per heavy atom. The van der Waals surface area contributed by atoms with Gasteiger partial charge in [-0.05, 0) is 16.5 Å². The van der Waals surface area contributed by atoms with Crippen molar-refractivity contribution in [1.82, 2.24) is 20.0 Å². The second kappa shape index (κ2) is 8.64. The van der Waals surface area contributed by atoms with Crippen LogP contribution in [0.1, 0.15) is 50.8 Å². The van der Waals surface area contributed by atoms with Gasteiger partial charge in [-0.1, -0.05) is 45.0 Å². The number of likely N-dealkylation sites (N-methyl/N-ethyl adjacent to an activating group) is 1. The fraction of sp³-hybridized carbons (Fsp3) is 0.577. The van der Waals surface area contributed by atoms with Crippen molar-refractivity contribution in [3.63, 3.8) is 0 Å². The molecule has 4 heterocycles.